The molecule has 1 atom stereocenters. The Kier molecular flexibility index (Phi) is 5.76. The molecule has 0 bridgehead atoms. The van der Waals surface area contributed by atoms with Crippen LogP contribution in [0.5, 0.6) is 0 Å². The van der Waals surface area contributed by atoms with Gasteiger partial charge in [0.25, 0.3) is 0 Å². The summed E-state index contributed by atoms with van der Waals surface area (Å²) in [4.78, 5) is 5.65. The molecule has 0 N–H and O–H groups in total. The number of hydrogen-bond acceptors (Lipinski definition) is 4. The van der Waals surface area contributed by atoms with Crippen molar-refractivity contribution in [1.29, 1.82) is 0 Å². The standard InChI is InChI=1S/C22H27ClN4OS/c1-22(2,3)21-24-17-13-16(29(28)20-12-11-19(23)25-26-20)9-10-18(17)27(21)14-15-7-5-4-6-8-15/h9-13,15H,4-8,14H2,1-3H3. The van der Waals surface area contributed by atoms with E-state index in [0.717, 1.165) is 23.4 Å². The molecule has 1 saturated carbocycles. The Hall–Kier alpha value is -1.79. The Morgan fingerprint density at radius 3 is 2.52 bits per heavy atom. The van der Waals surface area contributed by atoms with Gasteiger partial charge in [0.1, 0.15) is 16.6 Å². The lowest BCUT2D eigenvalue weighted by Gasteiger charge is -2.26. The summed E-state index contributed by atoms with van der Waals surface area (Å²) in [5, 5.41) is 8.46. The van der Waals surface area contributed by atoms with Crippen molar-refractivity contribution in [2.75, 3.05) is 0 Å². The number of aromatic nitrogens is 4. The lowest BCUT2D eigenvalue weighted by Crippen LogP contribution is -2.22. The van der Waals surface area contributed by atoms with Crippen LogP contribution in [-0.2, 0) is 22.8 Å². The molecule has 1 aromatic carbocycles. The van der Waals surface area contributed by atoms with E-state index in [1.165, 1.54) is 32.1 Å². The molecule has 2 heterocycles. The zero-order valence-electron chi connectivity index (χ0n) is 17.2. The van der Waals surface area contributed by atoms with Crippen molar-refractivity contribution in [3.8, 4) is 0 Å². The van der Waals surface area contributed by atoms with E-state index < -0.39 is 10.8 Å². The van der Waals surface area contributed by atoms with Crippen molar-refractivity contribution in [3.63, 3.8) is 0 Å². The number of benzene rings is 1. The van der Waals surface area contributed by atoms with Gasteiger partial charge in [-0.1, -0.05) is 51.6 Å². The van der Waals surface area contributed by atoms with Crippen LogP contribution in [0.15, 0.2) is 40.3 Å². The Morgan fingerprint density at radius 1 is 1.10 bits per heavy atom. The summed E-state index contributed by atoms with van der Waals surface area (Å²) in [6.07, 6.45) is 6.60. The number of nitrogens with zero attached hydrogens (tertiary/aromatic N) is 4. The highest BCUT2D eigenvalue weighted by Gasteiger charge is 2.25. The van der Waals surface area contributed by atoms with Gasteiger partial charge in [-0.2, -0.15) is 0 Å². The van der Waals surface area contributed by atoms with E-state index >= 15 is 0 Å². The summed E-state index contributed by atoms with van der Waals surface area (Å²) < 4.78 is 15.3. The van der Waals surface area contributed by atoms with E-state index in [0.29, 0.717) is 15.8 Å². The smallest absolute Gasteiger partial charge is 0.154 e. The van der Waals surface area contributed by atoms with Crippen LogP contribution in [-0.4, -0.2) is 24.0 Å². The molecule has 1 aliphatic rings. The molecule has 1 fully saturated rings. The van der Waals surface area contributed by atoms with E-state index in [1.807, 2.05) is 12.1 Å². The SMILES string of the molecule is CC(C)(C)c1nc2cc(S(=O)c3ccc(Cl)nn3)ccc2n1CC1CCCCC1. The van der Waals surface area contributed by atoms with Crippen LogP contribution in [0, 0.1) is 5.92 Å². The molecule has 154 valence electrons. The summed E-state index contributed by atoms with van der Waals surface area (Å²) in [6, 6.07) is 9.15. The minimum absolute atomic E-state index is 0.0609. The number of imidazole rings is 1. The van der Waals surface area contributed by atoms with Crippen LogP contribution >= 0.6 is 11.6 Å². The molecular formula is C22H27ClN4OS. The molecule has 3 aromatic rings. The fourth-order valence-electron chi connectivity index (χ4n) is 4.13. The molecule has 0 saturated heterocycles. The highest BCUT2D eigenvalue weighted by Crippen LogP contribution is 2.32. The quantitative estimate of drug-likeness (QED) is 0.546. The van der Waals surface area contributed by atoms with Crippen LogP contribution in [0.1, 0.15) is 58.7 Å². The summed E-state index contributed by atoms with van der Waals surface area (Å²) in [5.41, 5.74) is 1.94. The first-order valence-electron chi connectivity index (χ1n) is 10.2. The summed E-state index contributed by atoms with van der Waals surface area (Å²) in [5.74, 6) is 1.80. The Morgan fingerprint density at radius 2 is 1.86 bits per heavy atom. The number of fused-ring (bicyclic) bond motifs is 1. The van der Waals surface area contributed by atoms with Gasteiger partial charge < -0.3 is 4.57 Å². The highest BCUT2D eigenvalue weighted by molar-refractivity contribution is 7.85. The van der Waals surface area contributed by atoms with E-state index in [9.17, 15) is 4.21 Å². The average Bonchev–Trinajstić information content (AvgIpc) is 3.07. The minimum atomic E-state index is -1.42. The van der Waals surface area contributed by atoms with Gasteiger partial charge in [-0.15, -0.1) is 10.2 Å². The number of rotatable bonds is 4. The molecule has 0 radical (unpaired) electrons. The van der Waals surface area contributed by atoms with Gasteiger partial charge in [-0.25, -0.2) is 9.19 Å². The van der Waals surface area contributed by atoms with Gasteiger partial charge >= 0.3 is 0 Å². The predicted octanol–water partition coefficient (Wildman–Crippen LogP) is 5.52. The third-order valence-corrected chi connectivity index (χ3v) is 7.05. The summed E-state index contributed by atoms with van der Waals surface area (Å²) >= 11 is 5.80. The zero-order chi connectivity index (χ0) is 20.6. The van der Waals surface area contributed by atoms with Crippen molar-refractivity contribution in [3.05, 3.63) is 41.3 Å². The first-order chi connectivity index (χ1) is 13.8. The fourth-order valence-corrected chi connectivity index (χ4v) is 5.19. The Labute approximate surface area is 179 Å². The van der Waals surface area contributed by atoms with Gasteiger partial charge in [0.15, 0.2) is 10.2 Å². The van der Waals surface area contributed by atoms with Crippen LogP contribution in [0.3, 0.4) is 0 Å². The van der Waals surface area contributed by atoms with Gasteiger partial charge in [-0.05, 0) is 49.1 Å². The summed E-state index contributed by atoms with van der Waals surface area (Å²) in [7, 11) is -1.42. The molecule has 4 rings (SSSR count). The summed E-state index contributed by atoms with van der Waals surface area (Å²) in [6.45, 7) is 7.62. The third kappa shape index (κ3) is 4.38. The maximum Gasteiger partial charge on any atom is 0.154 e. The lowest BCUT2D eigenvalue weighted by atomic mass is 9.88. The van der Waals surface area contributed by atoms with Crippen molar-refractivity contribution < 1.29 is 4.21 Å². The van der Waals surface area contributed by atoms with Crippen LogP contribution in [0.2, 0.25) is 5.15 Å². The van der Waals surface area contributed by atoms with Crippen molar-refractivity contribution >= 4 is 33.4 Å². The molecule has 1 aliphatic carbocycles. The van der Waals surface area contributed by atoms with Gasteiger partial charge in [0.05, 0.1) is 11.0 Å². The highest BCUT2D eigenvalue weighted by atomic mass is 35.5. The van der Waals surface area contributed by atoms with E-state index in [-0.39, 0.29) is 10.6 Å². The molecule has 7 heteroatoms. The Balaban J connectivity index is 1.73. The second-order valence-corrected chi connectivity index (χ2v) is 10.7. The maximum absolute atomic E-state index is 12.9. The lowest BCUT2D eigenvalue weighted by molar-refractivity contribution is 0.313. The maximum atomic E-state index is 12.9. The monoisotopic (exact) mass is 430 g/mol. The van der Waals surface area contributed by atoms with E-state index in [1.54, 1.807) is 12.1 Å². The molecule has 0 spiro atoms. The second kappa shape index (κ2) is 8.15. The van der Waals surface area contributed by atoms with Crippen LogP contribution < -0.4 is 0 Å². The first-order valence-corrected chi connectivity index (χ1v) is 11.8. The predicted molar refractivity (Wildman–Crippen MR) is 117 cm³/mol. The van der Waals surface area contributed by atoms with E-state index in [4.69, 9.17) is 16.6 Å². The minimum Gasteiger partial charge on any atom is -0.327 e. The zero-order valence-corrected chi connectivity index (χ0v) is 18.8. The number of halogens is 1. The molecular weight excluding hydrogens is 404 g/mol. The van der Waals surface area contributed by atoms with Crippen LogP contribution in [0.4, 0.5) is 0 Å². The van der Waals surface area contributed by atoms with Crippen molar-refractivity contribution in [2.24, 2.45) is 5.92 Å². The second-order valence-electron chi connectivity index (χ2n) is 8.91. The largest absolute Gasteiger partial charge is 0.327 e. The fraction of sp³-hybridized carbons (Fsp3) is 0.500. The van der Waals surface area contributed by atoms with Crippen LogP contribution in [0.25, 0.3) is 11.0 Å². The van der Waals surface area contributed by atoms with Gasteiger partial charge in [0.2, 0.25) is 0 Å². The van der Waals surface area contributed by atoms with E-state index in [2.05, 4.69) is 41.6 Å². The van der Waals surface area contributed by atoms with Gasteiger partial charge in [-0.3, -0.25) is 0 Å². The van der Waals surface area contributed by atoms with Crippen molar-refractivity contribution in [2.45, 2.75) is 74.8 Å². The molecule has 0 aliphatic heterocycles. The molecule has 1 unspecified atom stereocenters. The topological polar surface area (TPSA) is 60.7 Å². The van der Waals surface area contributed by atoms with Gasteiger partial charge in [0, 0.05) is 16.9 Å². The average molecular weight is 431 g/mol. The molecule has 0 amide bonds. The van der Waals surface area contributed by atoms with Crippen molar-refractivity contribution in [1.82, 2.24) is 19.7 Å². The molecule has 5 nitrogen and oxygen atoms in total. The molecule has 2 aromatic heterocycles. The third-order valence-electron chi connectivity index (χ3n) is 5.57. The molecule has 29 heavy (non-hydrogen) atoms. The number of hydrogen-bond donors (Lipinski definition) is 0. The normalized spacial score (nSPS) is 17.0. The first kappa shape index (κ1) is 20.5. The Bertz CT molecular complexity index is 1030.